The van der Waals surface area contributed by atoms with Crippen molar-refractivity contribution in [3.05, 3.63) is 231 Å². The van der Waals surface area contributed by atoms with E-state index in [2.05, 4.69) is 240 Å². The maximum atomic E-state index is 2.44. The Labute approximate surface area is 358 Å². The van der Waals surface area contributed by atoms with Crippen molar-refractivity contribution in [1.82, 2.24) is 4.57 Å². The summed E-state index contributed by atoms with van der Waals surface area (Å²) >= 11 is 1.86. The lowest BCUT2D eigenvalue weighted by atomic mass is 9.96. The Morgan fingerprint density at radius 3 is 1.75 bits per heavy atom. The topological polar surface area (TPSA) is 8.17 Å². The van der Waals surface area contributed by atoms with Crippen LogP contribution in [0.4, 0.5) is 17.1 Å². The van der Waals surface area contributed by atoms with Crippen molar-refractivity contribution in [2.24, 2.45) is 0 Å². The van der Waals surface area contributed by atoms with Crippen molar-refractivity contribution in [2.45, 2.75) is 0 Å². The van der Waals surface area contributed by atoms with Gasteiger partial charge in [0.15, 0.2) is 0 Å². The molecule has 0 saturated carbocycles. The highest BCUT2D eigenvalue weighted by Gasteiger charge is 2.21. The van der Waals surface area contributed by atoms with Gasteiger partial charge in [-0.1, -0.05) is 158 Å². The number of rotatable bonds is 7. The van der Waals surface area contributed by atoms with Gasteiger partial charge < -0.3 is 9.47 Å². The summed E-state index contributed by atoms with van der Waals surface area (Å²) in [5.74, 6) is 0. The molecule has 0 aliphatic carbocycles. The third kappa shape index (κ3) is 6.01. The van der Waals surface area contributed by atoms with Crippen LogP contribution in [0.25, 0.3) is 91.8 Å². The zero-order chi connectivity index (χ0) is 40.3. The van der Waals surface area contributed by atoms with E-state index in [0.29, 0.717) is 0 Å². The van der Waals surface area contributed by atoms with E-state index >= 15 is 0 Å². The number of hydrogen-bond donors (Lipinski definition) is 0. The Hall–Kier alpha value is -7.72. The van der Waals surface area contributed by atoms with Crippen molar-refractivity contribution in [3.63, 3.8) is 0 Å². The molecule has 0 atom stereocenters. The lowest BCUT2D eigenvalue weighted by Crippen LogP contribution is -2.11. The first-order valence-corrected chi connectivity index (χ1v) is 21.6. The highest BCUT2D eigenvalue weighted by Crippen LogP contribution is 2.47. The minimum absolute atomic E-state index is 1.09. The fourth-order valence-corrected chi connectivity index (χ4v) is 10.5. The van der Waals surface area contributed by atoms with E-state index in [0.717, 1.165) is 22.7 Å². The van der Waals surface area contributed by atoms with E-state index in [1.54, 1.807) is 0 Å². The fraction of sp³-hybridized carbons (Fsp3) is 0. The molecule has 0 N–H and O–H groups in total. The van der Waals surface area contributed by atoms with E-state index in [1.165, 1.54) is 86.1 Å². The zero-order valence-electron chi connectivity index (χ0n) is 33.2. The molecule has 0 amide bonds. The standard InChI is InChI=1S/C58H38N2S/c1-2-15-41-36-44(31-30-39(41)14-1)43-17-12-18-46(38-43)59(53-25-7-5-22-50(53)51-24-13-29-57-58(51)52-23-6-10-28-56(52)61-57)45-34-32-40(33-35-45)42-16-11-19-47(37-42)60-54-26-8-3-20-48(54)49-21-4-9-27-55(49)60/h1-38H. The molecule has 12 aromatic rings. The Kier molecular flexibility index (Phi) is 8.39. The molecule has 0 aliphatic rings. The first-order valence-electron chi connectivity index (χ1n) is 20.8. The van der Waals surface area contributed by atoms with Gasteiger partial charge in [-0.05, 0) is 111 Å². The molecule has 0 fully saturated rings. The zero-order valence-corrected chi connectivity index (χ0v) is 34.1. The van der Waals surface area contributed by atoms with Crippen LogP contribution in [-0.4, -0.2) is 4.57 Å². The Morgan fingerprint density at radius 1 is 0.344 bits per heavy atom. The van der Waals surface area contributed by atoms with Crippen LogP contribution in [-0.2, 0) is 0 Å². The molecule has 10 aromatic carbocycles. The molecule has 12 rings (SSSR count). The van der Waals surface area contributed by atoms with Crippen LogP contribution in [0.15, 0.2) is 231 Å². The van der Waals surface area contributed by atoms with Crippen molar-refractivity contribution in [1.29, 1.82) is 0 Å². The Balaban J connectivity index is 1.01. The second-order valence-electron chi connectivity index (χ2n) is 15.7. The molecule has 0 unspecified atom stereocenters. The van der Waals surface area contributed by atoms with Crippen molar-refractivity contribution in [3.8, 4) is 39.1 Å². The van der Waals surface area contributed by atoms with E-state index in [9.17, 15) is 0 Å². The van der Waals surface area contributed by atoms with Crippen LogP contribution < -0.4 is 4.90 Å². The maximum absolute atomic E-state index is 2.44. The minimum Gasteiger partial charge on any atom is -0.310 e. The molecule has 0 radical (unpaired) electrons. The molecule has 2 aromatic heterocycles. The van der Waals surface area contributed by atoms with E-state index < -0.39 is 0 Å². The highest BCUT2D eigenvalue weighted by atomic mass is 32.1. The van der Waals surface area contributed by atoms with Crippen molar-refractivity contribution in [2.75, 3.05) is 4.90 Å². The molecular weight excluding hydrogens is 757 g/mol. The van der Waals surface area contributed by atoms with Gasteiger partial charge in [0.05, 0.1) is 16.7 Å². The third-order valence-electron chi connectivity index (χ3n) is 12.2. The second-order valence-corrected chi connectivity index (χ2v) is 16.8. The van der Waals surface area contributed by atoms with Gasteiger partial charge in [0.1, 0.15) is 0 Å². The van der Waals surface area contributed by atoms with Crippen LogP contribution in [0.1, 0.15) is 0 Å². The number of para-hydroxylation sites is 3. The summed E-state index contributed by atoms with van der Waals surface area (Å²) in [6.07, 6.45) is 0. The molecule has 0 saturated heterocycles. The van der Waals surface area contributed by atoms with Gasteiger partial charge in [0.25, 0.3) is 0 Å². The molecule has 2 heterocycles. The summed E-state index contributed by atoms with van der Waals surface area (Å²) in [6.45, 7) is 0. The number of aromatic nitrogens is 1. The monoisotopic (exact) mass is 794 g/mol. The van der Waals surface area contributed by atoms with Crippen LogP contribution in [0.2, 0.25) is 0 Å². The van der Waals surface area contributed by atoms with Crippen LogP contribution in [0, 0.1) is 0 Å². The minimum atomic E-state index is 1.09. The van der Waals surface area contributed by atoms with Crippen molar-refractivity contribution < 1.29 is 0 Å². The summed E-state index contributed by atoms with van der Waals surface area (Å²) in [6, 6.07) is 84.2. The predicted octanol–water partition coefficient (Wildman–Crippen LogP) is 16.8. The van der Waals surface area contributed by atoms with Crippen LogP contribution in [0.3, 0.4) is 0 Å². The number of thiophene rings is 1. The fourth-order valence-electron chi connectivity index (χ4n) is 9.34. The van der Waals surface area contributed by atoms with Gasteiger partial charge in [-0.3, -0.25) is 0 Å². The van der Waals surface area contributed by atoms with E-state index in [1.807, 2.05) is 11.3 Å². The first kappa shape index (κ1) is 35.2. The number of fused-ring (bicyclic) bond motifs is 7. The van der Waals surface area contributed by atoms with Gasteiger partial charge in [0, 0.05) is 53.6 Å². The summed E-state index contributed by atoms with van der Waals surface area (Å²) in [7, 11) is 0. The van der Waals surface area contributed by atoms with Gasteiger partial charge in [-0.15, -0.1) is 11.3 Å². The summed E-state index contributed by atoms with van der Waals surface area (Å²) < 4.78 is 4.99. The molecule has 286 valence electrons. The third-order valence-corrected chi connectivity index (χ3v) is 13.3. The van der Waals surface area contributed by atoms with Crippen LogP contribution >= 0.6 is 11.3 Å². The largest absolute Gasteiger partial charge is 0.310 e. The van der Waals surface area contributed by atoms with Gasteiger partial charge in [0.2, 0.25) is 0 Å². The highest BCUT2D eigenvalue weighted by molar-refractivity contribution is 7.25. The average Bonchev–Trinajstić information content (AvgIpc) is 3.88. The summed E-state index contributed by atoms with van der Waals surface area (Å²) in [4.78, 5) is 2.44. The average molecular weight is 795 g/mol. The number of anilines is 3. The number of nitrogens with zero attached hydrogens (tertiary/aromatic N) is 2. The lowest BCUT2D eigenvalue weighted by molar-refractivity contribution is 1.18. The van der Waals surface area contributed by atoms with E-state index in [4.69, 9.17) is 0 Å². The van der Waals surface area contributed by atoms with Gasteiger partial charge in [-0.2, -0.15) is 0 Å². The molecule has 0 bridgehead atoms. The van der Waals surface area contributed by atoms with Crippen molar-refractivity contribution >= 4 is 81.1 Å². The van der Waals surface area contributed by atoms with E-state index in [-0.39, 0.29) is 0 Å². The normalized spacial score (nSPS) is 11.6. The number of benzene rings is 10. The SMILES string of the molecule is c1cc(-c2ccc3ccccc3c2)cc(N(c2ccc(-c3cccc(-n4c5ccccc5c5ccccc54)c3)cc2)c2ccccc2-c2cccc3sc4ccccc4c23)c1. The molecule has 3 heteroatoms. The molecular formula is C58H38N2S. The summed E-state index contributed by atoms with van der Waals surface area (Å²) in [5, 5.41) is 7.61. The smallest absolute Gasteiger partial charge is 0.0541 e. The predicted molar refractivity (Wildman–Crippen MR) is 262 cm³/mol. The second kappa shape index (κ2) is 14.5. The van der Waals surface area contributed by atoms with Gasteiger partial charge >= 0.3 is 0 Å². The quantitative estimate of drug-likeness (QED) is 0.156. The molecule has 0 aliphatic heterocycles. The lowest BCUT2D eigenvalue weighted by Gasteiger charge is -2.28. The summed E-state index contributed by atoms with van der Waals surface area (Å²) in [5.41, 5.74) is 14.0. The van der Waals surface area contributed by atoms with Gasteiger partial charge in [-0.25, -0.2) is 0 Å². The van der Waals surface area contributed by atoms with Crippen LogP contribution in [0.5, 0.6) is 0 Å². The molecule has 0 spiro atoms. The molecule has 2 nitrogen and oxygen atoms in total. The Bertz CT molecular complexity index is 3560. The number of hydrogen-bond acceptors (Lipinski definition) is 2. The Morgan fingerprint density at radius 2 is 0.934 bits per heavy atom. The molecule has 61 heavy (non-hydrogen) atoms. The first-order chi connectivity index (χ1) is 30.2. The maximum Gasteiger partial charge on any atom is 0.0541 e.